The average Bonchev–Trinajstić information content (AvgIpc) is 2.85. The van der Waals surface area contributed by atoms with Crippen LogP contribution in [0.4, 0.5) is 11.4 Å². The van der Waals surface area contributed by atoms with Gasteiger partial charge in [-0.25, -0.2) is 4.98 Å². The Labute approximate surface area is 120 Å². The molecule has 1 atom stereocenters. The highest BCUT2D eigenvalue weighted by Gasteiger charge is 2.15. The van der Waals surface area contributed by atoms with E-state index in [0.717, 1.165) is 16.3 Å². The van der Waals surface area contributed by atoms with Crippen molar-refractivity contribution in [1.82, 2.24) is 4.98 Å². The molecule has 1 aromatic carbocycles. The van der Waals surface area contributed by atoms with Crippen LogP contribution in [0.2, 0.25) is 0 Å². The Bertz CT molecular complexity index is 627. The quantitative estimate of drug-likeness (QED) is 0.674. The standard InChI is InChI=1S/C13H15N3O3S/c1-8-13(20-7-14-8)9(2)15-11-5-4-10(16(17)18)6-12(11)19-3/h4-7,9,15H,1-3H3. The Morgan fingerprint density at radius 1 is 1.50 bits per heavy atom. The molecule has 1 N–H and O–H groups in total. The zero-order valence-electron chi connectivity index (χ0n) is 11.4. The van der Waals surface area contributed by atoms with E-state index in [-0.39, 0.29) is 11.7 Å². The minimum atomic E-state index is -0.441. The molecule has 1 unspecified atom stereocenters. The lowest BCUT2D eigenvalue weighted by Gasteiger charge is -2.16. The van der Waals surface area contributed by atoms with Crippen molar-refractivity contribution in [3.63, 3.8) is 0 Å². The Kier molecular flexibility index (Phi) is 4.19. The number of nitro benzene ring substituents is 1. The molecule has 0 aliphatic carbocycles. The summed E-state index contributed by atoms with van der Waals surface area (Å²) in [5, 5.41) is 14.1. The highest BCUT2D eigenvalue weighted by Crippen LogP contribution is 2.33. The maximum absolute atomic E-state index is 10.8. The van der Waals surface area contributed by atoms with E-state index in [0.29, 0.717) is 5.75 Å². The number of non-ortho nitro benzene ring substituents is 1. The zero-order chi connectivity index (χ0) is 14.7. The predicted octanol–water partition coefficient (Wildman–Crippen LogP) is 3.54. The monoisotopic (exact) mass is 293 g/mol. The van der Waals surface area contributed by atoms with Crippen LogP contribution in [0.5, 0.6) is 5.75 Å². The van der Waals surface area contributed by atoms with Crippen LogP contribution >= 0.6 is 11.3 Å². The van der Waals surface area contributed by atoms with Gasteiger partial charge < -0.3 is 10.1 Å². The van der Waals surface area contributed by atoms with E-state index >= 15 is 0 Å². The largest absolute Gasteiger partial charge is 0.494 e. The SMILES string of the molecule is COc1cc([N+](=O)[O-])ccc1NC(C)c1scnc1C. The number of benzene rings is 1. The molecule has 0 saturated carbocycles. The Morgan fingerprint density at radius 2 is 2.25 bits per heavy atom. The number of nitrogens with zero attached hydrogens (tertiary/aromatic N) is 2. The number of ether oxygens (including phenoxy) is 1. The second-order valence-corrected chi connectivity index (χ2v) is 5.20. The lowest BCUT2D eigenvalue weighted by molar-refractivity contribution is -0.384. The molecule has 0 spiro atoms. The number of aryl methyl sites for hydroxylation is 1. The van der Waals surface area contributed by atoms with Crippen molar-refractivity contribution < 1.29 is 9.66 Å². The third-order valence-electron chi connectivity index (χ3n) is 2.94. The number of thiazole rings is 1. The molecule has 20 heavy (non-hydrogen) atoms. The van der Waals surface area contributed by atoms with Crippen LogP contribution in [-0.4, -0.2) is 17.0 Å². The second-order valence-electron chi connectivity index (χ2n) is 4.31. The van der Waals surface area contributed by atoms with E-state index in [1.54, 1.807) is 22.9 Å². The van der Waals surface area contributed by atoms with Gasteiger partial charge in [0.2, 0.25) is 0 Å². The number of aromatic nitrogens is 1. The van der Waals surface area contributed by atoms with Crippen molar-refractivity contribution in [2.24, 2.45) is 0 Å². The summed E-state index contributed by atoms with van der Waals surface area (Å²) in [6, 6.07) is 4.58. The van der Waals surface area contributed by atoms with Gasteiger partial charge in [0.25, 0.3) is 5.69 Å². The van der Waals surface area contributed by atoms with Gasteiger partial charge in [0.15, 0.2) is 0 Å². The summed E-state index contributed by atoms with van der Waals surface area (Å²) in [5.41, 5.74) is 3.51. The van der Waals surface area contributed by atoms with Crippen molar-refractivity contribution in [1.29, 1.82) is 0 Å². The Hall–Kier alpha value is -2.15. The molecule has 0 bridgehead atoms. The topological polar surface area (TPSA) is 77.3 Å². The van der Waals surface area contributed by atoms with Gasteiger partial charge in [-0.15, -0.1) is 11.3 Å². The molecule has 0 aliphatic rings. The van der Waals surface area contributed by atoms with Gasteiger partial charge in [0.05, 0.1) is 41.0 Å². The van der Waals surface area contributed by atoms with E-state index in [2.05, 4.69) is 10.3 Å². The van der Waals surface area contributed by atoms with Gasteiger partial charge in [-0.2, -0.15) is 0 Å². The number of rotatable bonds is 5. The highest BCUT2D eigenvalue weighted by molar-refractivity contribution is 7.09. The number of nitrogens with one attached hydrogen (secondary N) is 1. The highest BCUT2D eigenvalue weighted by atomic mass is 32.1. The summed E-state index contributed by atoms with van der Waals surface area (Å²) < 4.78 is 5.21. The normalized spacial score (nSPS) is 11.9. The minimum Gasteiger partial charge on any atom is -0.494 e. The molecule has 6 nitrogen and oxygen atoms in total. The van der Waals surface area contributed by atoms with Crippen LogP contribution in [0.15, 0.2) is 23.7 Å². The average molecular weight is 293 g/mol. The third kappa shape index (κ3) is 2.88. The summed E-state index contributed by atoms with van der Waals surface area (Å²) in [7, 11) is 1.49. The Morgan fingerprint density at radius 3 is 2.80 bits per heavy atom. The van der Waals surface area contributed by atoms with Gasteiger partial charge in [-0.05, 0) is 19.9 Å². The number of hydrogen-bond acceptors (Lipinski definition) is 6. The Balaban J connectivity index is 2.25. The maximum atomic E-state index is 10.8. The fraction of sp³-hybridized carbons (Fsp3) is 0.308. The van der Waals surface area contributed by atoms with Gasteiger partial charge in [-0.1, -0.05) is 0 Å². The first-order valence-electron chi connectivity index (χ1n) is 6.02. The first-order valence-corrected chi connectivity index (χ1v) is 6.90. The molecule has 1 heterocycles. The first kappa shape index (κ1) is 14.3. The van der Waals surface area contributed by atoms with Crippen molar-refractivity contribution in [3.8, 4) is 5.75 Å². The van der Waals surface area contributed by atoms with E-state index in [4.69, 9.17) is 4.74 Å². The van der Waals surface area contributed by atoms with Crippen LogP contribution in [0.3, 0.4) is 0 Å². The summed E-state index contributed by atoms with van der Waals surface area (Å²) in [5.74, 6) is 0.452. The van der Waals surface area contributed by atoms with Gasteiger partial charge in [0, 0.05) is 10.9 Å². The fourth-order valence-electron chi connectivity index (χ4n) is 1.94. The molecule has 2 rings (SSSR count). The van der Waals surface area contributed by atoms with Crippen molar-refractivity contribution in [2.75, 3.05) is 12.4 Å². The lowest BCUT2D eigenvalue weighted by Crippen LogP contribution is -2.07. The van der Waals surface area contributed by atoms with Gasteiger partial charge in [0.1, 0.15) is 5.75 Å². The van der Waals surface area contributed by atoms with E-state index in [1.807, 2.05) is 13.8 Å². The van der Waals surface area contributed by atoms with Gasteiger partial charge >= 0.3 is 0 Å². The van der Waals surface area contributed by atoms with E-state index in [1.165, 1.54) is 19.2 Å². The molecule has 2 aromatic rings. The smallest absolute Gasteiger partial charge is 0.273 e. The molecule has 7 heteroatoms. The maximum Gasteiger partial charge on any atom is 0.273 e. The first-order chi connectivity index (χ1) is 9.52. The molecular weight excluding hydrogens is 278 g/mol. The zero-order valence-corrected chi connectivity index (χ0v) is 12.2. The number of anilines is 1. The van der Waals surface area contributed by atoms with E-state index in [9.17, 15) is 10.1 Å². The number of nitro groups is 1. The fourth-order valence-corrected chi connectivity index (χ4v) is 2.75. The van der Waals surface area contributed by atoms with Crippen molar-refractivity contribution >= 4 is 22.7 Å². The number of hydrogen-bond donors (Lipinski definition) is 1. The van der Waals surface area contributed by atoms with E-state index < -0.39 is 4.92 Å². The summed E-state index contributed by atoms with van der Waals surface area (Å²) >= 11 is 1.58. The molecule has 0 amide bonds. The number of methoxy groups -OCH3 is 1. The molecule has 0 fully saturated rings. The van der Waals surface area contributed by atoms with Gasteiger partial charge in [-0.3, -0.25) is 10.1 Å². The molecule has 0 radical (unpaired) electrons. The molecule has 0 saturated heterocycles. The van der Waals surface area contributed by atoms with Crippen molar-refractivity contribution in [2.45, 2.75) is 19.9 Å². The summed E-state index contributed by atoms with van der Waals surface area (Å²) in [6.45, 7) is 3.97. The predicted molar refractivity (Wildman–Crippen MR) is 78.5 cm³/mol. The molecule has 106 valence electrons. The minimum absolute atomic E-state index is 0.00836. The van der Waals surface area contributed by atoms with Crippen LogP contribution in [0, 0.1) is 17.0 Å². The summed E-state index contributed by atoms with van der Waals surface area (Å²) in [6.07, 6.45) is 0. The van der Waals surface area contributed by atoms with Crippen LogP contribution in [0.25, 0.3) is 0 Å². The van der Waals surface area contributed by atoms with Crippen molar-refractivity contribution in [3.05, 3.63) is 44.4 Å². The van der Waals surface area contributed by atoms with Crippen LogP contribution < -0.4 is 10.1 Å². The van der Waals surface area contributed by atoms with Crippen LogP contribution in [-0.2, 0) is 0 Å². The van der Waals surface area contributed by atoms with Crippen LogP contribution in [0.1, 0.15) is 23.5 Å². The lowest BCUT2D eigenvalue weighted by atomic mass is 10.2. The third-order valence-corrected chi connectivity index (χ3v) is 4.06. The molecule has 0 aliphatic heterocycles. The second kappa shape index (κ2) is 5.87. The molecule has 1 aromatic heterocycles. The summed E-state index contributed by atoms with van der Waals surface area (Å²) in [4.78, 5) is 15.7. The molecular formula is C13H15N3O3S.